The molecule has 0 radical (unpaired) electrons. The Balaban J connectivity index is 1.41. The number of nitrogens with zero attached hydrogens (tertiary/aromatic N) is 2. The second kappa shape index (κ2) is 7.50. The molecule has 5 heteroatoms. The predicted molar refractivity (Wildman–Crippen MR) is 121 cm³/mol. The number of hydrogen-bond donors (Lipinski definition) is 0. The van der Waals surface area contributed by atoms with E-state index in [1.54, 1.807) is 0 Å². The van der Waals surface area contributed by atoms with Crippen molar-refractivity contribution < 1.29 is 14.0 Å². The van der Waals surface area contributed by atoms with Crippen LogP contribution in [0.1, 0.15) is 43.2 Å². The minimum atomic E-state index is -0.452. The lowest BCUT2D eigenvalue weighted by atomic mass is 9.85. The molecule has 5 rings (SSSR count). The molecule has 0 spiro atoms. The van der Waals surface area contributed by atoms with Crippen LogP contribution in [-0.4, -0.2) is 42.6 Å². The van der Waals surface area contributed by atoms with Gasteiger partial charge in [0.2, 0.25) is 11.6 Å². The van der Waals surface area contributed by atoms with Gasteiger partial charge in [-0.3, -0.25) is 14.5 Å². The predicted octanol–water partition coefficient (Wildman–Crippen LogP) is 4.57. The van der Waals surface area contributed by atoms with Gasteiger partial charge in [-0.25, -0.2) is 0 Å². The topological polar surface area (TPSA) is 53.8 Å². The largest absolute Gasteiger partial charge is 0.459 e. The number of carbonyl (C=O) groups excluding carboxylic acids is 2. The number of ketones is 2. The second-order valence-corrected chi connectivity index (χ2v) is 8.59. The molecular weight excluding hydrogens is 388 g/mol. The van der Waals surface area contributed by atoms with Gasteiger partial charge < -0.3 is 9.32 Å². The molecule has 1 aliphatic carbocycles. The number of rotatable bonds is 3. The third-order valence-electron chi connectivity index (χ3n) is 6.66. The van der Waals surface area contributed by atoms with Crippen LogP contribution in [0.15, 0.2) is 46.9 Å². The summed E-state index contributed by atoms with van der Waals surface area (Å²) in [6, 6.07) is 14.2. The molecule has 0 saturated carbocycles. The smallest absolute Gasteiger partial charge is 0.237 e. The third-order valence-corrected chi connectivity index (χ3v) is 6.66. The molecule has 1 aromatic heterocycles. The van der Waals surface area contributed by atoms with Crippen LogP contribution in [0.5, 0.6) is 0 Å². The number of anilines is 1. The molecule has 2 aliphatic rings. The Hall–Kier alpha value is -3.18. The van der Waals surface area contributed by atoms with Crippen molar-refractivity contribution in [2.75, 3.05) is 31.1 Å². The average molecular weight is 415 g/mol. The number of benzene rings is 2. The van der Waals surface area contributed by atoms with E-state index in [9.17, 15) is 9.59 Å². The molecule has 1 aliphatic heterocycles. The van der Waals surface area contributed by atoms with Crippen molar-refractivity contribution in [2.24, 2.45) is 0 Å². The zero-order valence-corrected chi connectivity index (χ0v) is 18.2. The molecule has 0 atom stereocenters. The minimum Gasteiger partial charge on any atom is -0.459 e. The monoisotopic (exact) mass is 414 g/mol. The SMILES string of the molecule is Cc1cc2c(cc1C)-c1oc(CN3CCN(c4ccccc4)CC3)c(C)c1C(=O)C2=O. The van der Waals surface area contributed by atoms with Crippen molar-refractivity contribution in [3.63, 3.8) is 0 Å². The van der Waals surface area contributed by atoms with Gasteiger partial charge in [-0.1, -0.05) is 18.2 Å². The maximum Gasteiger partial charge on any atom is 0.237 e. The summed E-state index contributed by atoms with van der Waals surface area (Å²) in [6.45, 7) is 10.2. The van der Waals surface area contributed by atoms with Gasteiger partial charge in [0.1, 0.15) is 11.5 Å². The summed E-state index contributed by atoms with van der Waals surface area (Å²) in [4.78, 5) is 30.4. The van der Waals surface area contributed by atoms with Gasteiger partial charge >= 0.3 is 0 Å². The maximum absolute atomic E-state index is 12.9. The molecule has 1 saturated heterocycles. The molecule has 31 heavy (non-hydrogen) atoms. The van der Waals surface area contributed by atoms with Crippen LogP contribution in [0.25, 0.3) is 11.3 Å². The molecule has 1 fully saturated rings. The van der Waals surface area contributed by atoms with Crippen molar-refractivity contribution in [3.05, 3.63) is 76.0 Å². The number of fused-ring (bicyclic) bond motifs is 3. The molecule has 0 unspecified atom stereocenters. The van der Waals surface area contributed by atoms with Crippen molar-refractivity contribution in [2.45, 2.75) is 27.3 Å². The molecule has 0 bridgehead atoms. The van der Waals surface area contributed by atoms with Gasteiger partial charge in [0.25, 0.3) is 0 Å². The highest BCUT2D eigenvalue weighted by atomic mass is 16.3. The van der Waals surface area contributed by atoms with Gasteiger partial charge in [-0.05, 0) is 56.2 Å². The van der Waals surface area contributed by atoms with Crippen molar-refractivity contribution in [3.8, 4) is 11.3 Å². The molecule has 5 nitrogen and oxygen atoms in total. The van der Waals surface area contributed by atoms with E-state index in [0.717, 1.165) is 54.2 Å². The lowest BCUT2D eigenvalue weighted by Crippen LogP contribution is -2.46. The maximum atomic E-state index is 12.9. The highest BCUT2D eigenvalue weighted by molar-refractivity contribution is 6.53. The lowest BCUT2D eigenvalue weighted by molar-refractivity contribution is 0.0814. The molecule has 2 aromatic carbocycles. The molecule has 3 aromatic rings. The van der Waals surface area contributed by atoms with E-state index in [1.807, 2.05) is 39.0 Å². The van der Waals surface area contributed by atoms with E-state index in [2.05, 4.69) is 34.1 Å². The summed E-state index contributed by atoms with van der Waals surface area (Å²) >= 11 is 0. The van der Waals surface area contributed by atoms with E-state index < -0.39 is 11.6 Å². The summed E-state index contributed by atoms with van der Waals surface area (Å²) in [5, 5.41) is 0. The Morgan fingerprint density at radius 1 is 0.839 bits per heavy atom. The fourth-order valence-corrected chi connectivity index (χ4v) is 4.61. The highest BCUT2D eigenvalue weighted by Crippen LogP contribution is 2.40. The zero-order chi connectivity index (χ0) is 21.7. The van der Waals surface area contributed by atoms with Crippen molar-refractivity contribution in [1.29, 1.82) is 0 Å². The van der Waals surface area contributed by atoms with Crippen molar-refractivity contribution in [1.82, 2.24) is 4.90 Å². The third kappa shape index (κ3) is 3.29. The fourth-order valence-electron chi connectivity index (χ4n) is 4.61. The number of piperazine rings is 1. The molecule has 0 amide bonds. The molecule has 2 heterocycles. The number of Topliss-reactive ketones (excluding diaryl/α,β-unsaturated/α-hetero) is 2. The Morgan fingerprint density at radius 2 is 1.48 bits per heavy atom. The van der Waals surface area contributed by atoms with E-state index in [0.29, 0.717) is 23.4 Å². The first kappa shape index (κ1) is 19.8. The quantitative estimate of drug-likeness (QED) is 0.588. The van der Waals surface area contributed by atoms with Gasteiger partial charge in [0, 0.05) is 48.6 Å². The number of aryl methyl sites for hydroxylation is 2. The summed E-state index contributed by atoms with van der Waals surface area (Å²) < 4.78 is 6.26. The van der Waals surface area contributed by atoms with E-state index in [1.165, 1.54) is 5.69 Å². The van der Waals surface area contributed by atoms with E-state index in [-0.39, 0.29) is 0 Å². The van der Waals surface area contributed by atoms with E-state index >= 15 is 0 Å². The highest BCUT2D eigenvalue weighted by Gasteiger charge is 2.36. The number of hydrogen-bond acceptors (Lipinski definition) is 5. The Morgan fingerprint density at radius 3 is 2.16 bits per heavy atom. The normalized spacial score (nSPS) is 16.4. The number of para-hydroxylation sites is 1. The van der Waals surface area contributed by atoms with Gasteiger partial charge in [-0.15, -0.1) is 0 Å². The van der Waals surface area contributed by atoms with Gasteiger partial charge in [-0.2, -0.15) is 0 Å². The first-order valence-electron chi connectivity index (χ1n) is 10.8. The summed E-state index contributed by atoms with van der Waals surface area (Å²) in [5.41, 5.74) is 5.77. The van der Waals surface area contributed by atoms with Crippen LogP contribution in [0.4, 0.5) is 5.69 Å². The minimum absolute atomic E-state index is 0.433. The summed E-state index contributed by atoms with van der Waals surface area (Å²) in [7, 11) is 0. The number of carbonyl (C=O) groups is 2. The fraction of sp³-hybridized carbons (Fsp3) is 0.308. The lowest BCUT2D eigenvalue weighted by Gasteiger charge is -2.35. The second-order valence-electron chi connectivity index (χ2n) is 8.59. The van der Waals surface area contributed by atoms with E-state index in [4.69, 9.17) is 4.42 Å². The summed E-state index contributed by atoms with van der Waals surface area (Å²) in [5.74, 6) is 0.452. The van der Waals surface area contributed by atoms with Gasteiger partial charge in [0.05, 0.1) is 12.1 Å². The molecular formula is C26H26N2O3. The number of furan rings is 1. The first-order chi connectivity index (χ1) is 14.9. The Kier molecular flexibility index (Phi) is 4.78. The zero-order valence-electron chi connectivity index (χ0n) is 18.2. The standard InChI is InChI=1S/C26H26N2O3/c1-16-13-20-21(14-17(16)2)26-23(25(30)24(20)29)18(3)22(31-26)15-27-9-11-28(12-10-27)19-7-5-4-6-8-19/h4-8,13-14H,9-12,15H2,1-3H3. The van der Waals surface area contributed by atoms with Gasteiger partial charge in [0.15, 0.2) is 0 Å². The van der Waals surface area contributed by atoms with Crippen LogP contribution in [0.3, 0.4) is 0 Å². The Bertz CT molecular complexity index is 1190. The van der Waals surface area contributed by atoms with Crippen LogP contribution in [0, 0.1) is 20.8 Å². The molecule has 158 valence electrons. The summed E-state index contributed by atoms with van der Waals surface area (Å²) in [6.07, 6.45) is 0. The molecule has 0 N–H and O–H groups in total. The first-order valence-corrected chi connectivity index (χ1v) is 10.8. The van der Waals surface area contributed by atoms with Crippen LogP contribution >= 0.6 is 0 Å². The van der Waals surface area contributed by atoms with Crippen molar-refractivity contribution >= 4 is 17.3 Å². The van der Waals surface area contributed by atoms with Crippen LogP contribution in [-0.2, 0) is 6.54 Å². The van der Waals surface area contributed by atoms with Crippen LogP contribution < -0.4 is 4.90 Å². The Labute approximate surface area is 182 Å². The van der Waals surface area contributed by atoms with Crippen LogP contribution in [0.2, 0.25) is 0 Å². The average Bonchev–Trinajstić information content (AvgIpc) is 3.11.